The normalized spacial score (nSPS) is 14.0. The molecule has 88 valence electrons. The molecule has 0 bridgehead atoms. The molecular formula is C15H12N2O. The fourth-order valence-corrected chi connectivity index (χ4v) is 2.50. The third-order valence-electron chi connectivity index (χ3n) is 3.39. The van der Waals surface area contributed by atoms with E-state index in [9.17, 15) is 0 Å². The zero-order chi connectivity index (χ0) is 11.9. The van der Waals surface area contributed by atoms with Gasteiger partial charge in [-0.15, -0.1) is 0 Å². The number of aryl methyl sites for hydroxylation is 1. The zero-order valence-electron chi connectivity index (χ0n) is 9.81. The van der Waals surface area contributed by atoms with Crippen LogP contribution in [0.15, 0.2) is 41.1 Å². The van der Waals surface area contributed by atoms with Crippen LogP contribution >= 0.6 is 0 Å². The lowest BCUT2D eigenvalue weighted by atomic mass is 10.1. The van der Waals surface area contributed by atoms with Crippen LogP contribution in [0.3, 0.4) is 0 Å². The number of fused-ring (bicyclic) bond motifs is 2. The van der Waals surface area contributed by atoms with Crippen molar-refractivity contribution >= 4 is 17.1 Å². The van der Waals surface area contributed by atoms with E-state index < -0.39 is 0 Å². The van der Waals surface area contributed by atoms with Crippen LogP contribution in [0.5, 0.6) is 0 Å². The third kappa shape index (κ3) is 1.34. The highest BCUT2D eigenvalue weighted by atomic mass is 16.3. The number of hydrogen-bond donors (Lipinski definition) is 1. The maximum absolute atomic E-state index is 5.96. The molecule has 0 radical (unpaired) electrons. The quantitative estimate of drug-likeness (QED) is 0.698. The number of allylic oxidation sites excluding steroid dienone is 1. The van der Waals surface area contributed by atoms with Gasteiger partial charge < -0.3 is 9.40 Å². The largest absolute Gasteiger partial charge is 0.460 e. The molecule has 1 aliphatic carbocycles. The van der Waals surface area contributed by atoms with E-state index in [4.69, 9.17) is 4.42 Å². The molecule has 0 saturated carbocycles. The van der Waals surface area contributed by atoms with Gasteiger partial charge in [-0.05, 0) is 24.6 Å². The highest BCUT2D eigenvalue weighted by Crippen LogP contribution is 2.33. The van der Waals surface area contributed by atoms with Crippen LogP contribution in [0.25, 0.3) is 28.4 Å². The van der Waals surface area contributed by atoms with Crippen LogP contribution in [0, 0.1) is 0 Å². The zero-order valence-corrected chi connectivity index (χ0v) is 9.81. The number of nitrogens with zero attached hydrogens (tertiary/aromatic N) is 1. The van der Waals surface area contributed by atoms with Gasteiger partial charge in [-0.1, -0.05) is 12.2 Å². The van der Waals surface area contributed by atoms with E-state index >= 15 is 0 Å². The number of nitrogens with one attached hydrogen (secondary N) is 1. The van der Waals surface area contributed by atoms with Crippen LogP contribution < -0.4 is 0 Å². The molecule has 0 aliphatic heterocycles. The fraction of sp³-hybridized carbons (Fsp3) is 0.133. The van der Waals surface area contributed by atoms with Gasteiger partial charge in [0.15, 0.2) is 0 Å². The molecule has 0 unspecified atom stereocenters. The molecule has 3 nitrogen and oxygen atoms in total. The monoisotopic (exact) mass is 236 g/mol. The second-order valence-corrected chi connectivity index (χ2v) is 4.53. The molecule has 3 heteroatoms. The fourth-order valence-electron chi connectivity index (χ4n) is 2.50. The number of pyridine rings is 1. The van der Waals surface area contributed by atoms with Gasteiger partial charge in [0.05, 0.1) is 0 Å². The van der Waals surface area contributed by atoms with Gasteiger partial charge in [0.25, 0.3) is 0 Å². The van der Waals surface area contributed by atoms with Crippen LogP contribution in [-0.2, 0) is 6.42 Å². The lowest BCUT2D eigenvalue weighted by molar-refractivity contribution is 0.521. The molecule has 3 heterocycles. The van der Waals surface area contributed by atoms with Crippen molar-refractivity contribution in [2.75, 3.05) is 0 Å². The van der Waals surface area contributed by atoms with Gasteiger partial charge in [-0.2, -0.15) is 0 Å². The van der Waals surface area contributed by atoms with Crippen molar-refractivity contribution in [2.45, 2.75) is 12.8 Å². The first-order valence-electron chi connectivity index (χ1n) is 6.13. The Bertz CT molecular complexity index is 749. The Balaban J connectivity index is 1.92. The van der Waals surface area contributed by atoms with Crippen molar-refractivity contribution in [3.63, 3.8) is 0 Å². The maximum Gasteiger partial charge on any atom is 0.137 e. The molecule has 4 rings (SSSR count). The van der Waals surface area contributed by atoms with E-state index in [1.165, 1.54) is 5.56 Å². The standard InChI is InChI=1S/C15H12N2O/c1-2-6-13-10(4-1)8-14(18-13)12-9-17-15-11(12)5-3-7-16-15/h1,3-5,7-9H,2,6H2,(H,16,17). The second kappa shape index (κ2) is 3.60. The van der Waals surface area contributed by atoms with E-state index in [2.05, 4.69) is 34.3 Å². The molecule has 0 spiro atoms. The average molecular weight is 236 g/mol. The number of hydrogen-bond acceptors (Lipinski definition) is 2. The number of aromatic nitrogens is 2. The summed E-state index contributed by atoms with van der Waals surface area (Å²) in [7, 11) is 0. The first kappa shape index (κ1) is 9.71. The Hall–Kier alpha value is -2.29. The SMILES string of the molecule is C1=Cc2cc(-c3c[nH]c4ncccc34)oc2CC1. The van der Waals surface area contributed by atoms with E-state index in [0.717, 1.165) is 41.0 Å². The van der Waals surface area contributed by atoms with Crippen molar-refractivity contribution in [1.82, 2.24) is 9.97 Å². The van der Waals surface area contributed by atoms with Gasteiger partial charge in [0, 0.05) is 35.3 Å². The Morgan fingerprint density at radius 3 is 3.28 bits per heavy atom. The van der Waals surface area contributed by atoms with Crippen LogP contribution in [-0.4, -0.2) is 9.97 Å². The molecule has 0 aromatic carbocycles. The lowest BCUT2D eigenvalue weighted by Gasteiger charge is -2.00. The predicted molar refractivity (Wildman–Crippen MR) is 71.2 cm³/mol. The number of furan rings is 1. The van der Waals surface area contributed by atoms with Gasteiger partial charge in [0.2, 0.25) is 0 Å². The minimum Gasteiger partial charge on any atom is -0.460 e. The molecule has 0 amide bonds. The average Bonchev–Trinajstić information content (AvgIpc) is 3.02. The Kier molecular flexibility index (Phi) is 1.94. The number of H-pyrrole nitrogens is 1. The van der Waals surface area contributed by atoms with Crippen LogP contribution in [0.4, 0.5) is 0 Å². The van der Waals surface area contributed by atoms with Crippen molar-refractivity contribution in [3.8, 4) is 11.3 Å². The van der Waals surface area contributed by atoms with Gasteiger partial charge in [0.1, 0.15) is 17.2 Å². The molecule has 0 atom stereocenters. The third-order valence-corrected chi connectivity index (χ3v) is 3.39. The summed E-state index contributed by atoms with van der Waals surface area (Å²) in [6.45, 7) is 0. The van der Waals surface area contributed by atoms with Crippen molar-refractivity contribution < 1.29 is 4.42 Å². The Morgan fingerprint density at radius 1 is 1.33 bits per heavy atom. The van der Waals surface area contributed by atoms with Gasteiger partial charge in [-0.25, -0.2) is 4.98 Å². The summed E-state index contributed by atoms with van der Waals surface area (Å²) in [6, 6.07) is 6.12. The summed E-state index contributed by atoms with van der Waals surface area (Å²) >= 11 is 0. The molecule has 1 N–H and O–H groups in total. The summed E-state index contributed by atoms with van der Waals surface area (Å²) in [5.41, 5.74) is 3.19. The van der Waals surface area contributed by atoms with Gasteiger partial charge in [-0.3, -0.25) is 0 Å². The highest BCUT2D eigenvalue weighted by Gasteiger charge is 2.15. The first-order chi connectivity index (χ1) is 8.92. The lowest BCUT2D eigenvalue weighted by Crippen LogP contribution is -1.87. The molecule has 0 fully saturated rings. The van der Waals surface area contributed by atoms with E-state index in [1.807, 2.05) is 12.3 Å². The maximum atomic E-state index is 5.96. The first-order valence-corrected chi connectivity index (χ1v) is 6.13. The summed E-state index contributed by atoms with van der Waals surface area (Å²) < 4.78 is 5.96. The predicted octanol–water partition coefficient (Wildman–Crippen LogP) is 3.78. The van der Waals surface area contributed by atoms with E-state index in [0.29, 0.717) is 0 Å². The summed E-state index contributed by atoms with van der Waals surface area (Å²) in [4.78, 5) is 7.48. The van der Waals surface area contributed by atoms with Gasteiger partial charge >= 0.3 is 0 Å². The molecule has 0 saturated heterocycles. The number of aromatic amines is 1. The van der Waals surface area contributed by atoms with E-state index in [1.54, 1.807) is 6.20 Å². The Labute approximate surface area is 104 Å². The molecule has 1 aliphatic rings. The van der Waals surface area contributed by atoms with Crippen LogP contribution in [0.1, 0.15) is 17.7 Å². The summed E-state index contributed by atoms with van der Waals surface area (Å²) in [5, 5.41) is 1.10. The molecular weight excluding hydrogens is 224 g/mol. The van der Waals surface area contributed by atoms with Crippen molar-refractivity contribution in [1.29, 1.82) is 0 Å². The molecule has 3 aromatic heterocycles. The smallest absolute Gasteiger partial charge is 0.137 e. The van der Waals surface area contributed by atoms with Crippen molar-refractivity contribution in [3.05, 3.63) is 48.0 Å². The molecule has 18 heavy (non-hydrogen) atoms. The minimum atomic E-state index is 0.900. The highest BCUT2D eigenvalue weighted by molar-refractivity contribution is 5.92. The summed E-state index contributed by atoms with van der Waals surface area (Å²) in [5.74, 6) is 2.01. The Morgan fingerprint density at radius 2 is 2.33 bits per heavy atom. The summed E-state index contributed by atoms with van der Waals surface area (Å²) in [6.07, 6.45) is 10.1. The second-order valence-electron chi connectivity index (χ2n) is 4.53. The minimum absolute atomic E-state index is 0.900. The van der Waals surface area contributed by atoms with Crippen molar-refractivity contribution in [2.24, 2.45) is 0 Å². The van der Waals surface area contributed by atoms with Crippen LogP contribution in [0.2, 0.25) is 0 Å². The topological polar surface area (TPSA) is 41.8 Å². The molecule has 3 aromatic rings. The number of rotatable bonds is 1. The van der Waals surface area contributed by atoms with E-state index in [-0.39, 0.29) is 0 Å².